The van der Waals surface area contributed by atoms with Crippen LogP contribution in [0.2, 0.25) is 5.15 Å². The van der Waals surface area contributed by atoms with Gasteiger partial charge in [0.2, 0.25) is 0 Å². The molecule has 14 heavy (non-hydrogen) atoms. The Morgan fingerprint density at radius 3 is 2.71 bits per heavy atom. The summed E-state index contributed by atoms with van der Waals surface area (Å²) in [4.78, 5) is 4.04. The van der Waals surface area contributed by atoms with Crippen LogP contribution in [-0.4, -0.2) is 11.0 Å². The zero-order valence-corrected chi connectivity index (χ0v) is 9.30. The Bertz CT molecular complexity index is 317. The quantitative estimate of drug-likeness (QED) is 0.775. The van der Waals surface area contributed by atoms with E-state index in [1.807, 2.05) is 12.1 Å². The SMILES string of the molecule is CC(Nc1ccc(Cl)nc1)C1(C)CC1. The maximum Gasteiger partial charge on any atom is 0.129 e. The molecule has 1 atom stereocenters. The van der Waals surface area contributed by atoms with Crippen molar-refractivity contribution in [3.63, 3.8) is 0 Å². The van der Waals surface area contributed by atoms with Crippen LogP contribution in [0.15, 0.2) is 18.3 Å². The summed E-state index contributed by atoms with van der Waals surface area (Å²) in [6.45, 7) is 4.54. The van der Waals surface area contributed by atoms with E-state index in [1.165, 1.54) is 12.8 Å². The molecule has 1 saturated carbocycles. The van der Waals surface area contributed by atoms with Crippen LogP contribution in [0.4, 0.5) is 5.69 Å². The number of halogens is 1. The number of aromatic nitrogens is 1. The molecule has 1 heterocycles. The highest BCUT2D eigenvalue weighted by molar-refractivity contribution is 6.29. The van der Waals surface area contributed by atoms with Crippen molar-refractivity contribution in [2.45, 2.75) is 32.7 Å². The number of nitrogens with zero attached hydrogens (tertiary/aromatic N) is 1. The van der Waals surface area contributed by atoms with Crippen LogP contribution < -0.4 is 5.32 Å². The average molecular weight is 211 g/mol. The molecule has 1 aromatic heterocycles. The highest BCUT2D eigenvalue weighted by Crippen LogP contribution is 2.48. The molecule has 2 rings (SSSR count). The zero-order chi connectivity index (χ0) is 10.2. The number of pyridine rings is 1. The summed E-state index contributed by atoms with van der Waals surface area (Å²) in [7, 11) is 0. The molecule has 2 nitrogen and oxygen atoms in total. The zero-order valence-electron chi connectivity index (χ0n) is 8.55. The Labute approximate surface area is 89.7 Å². The highest BCUT2D eigenvalue weighted by atomic mass is 35.5. The average Bonchev–Trinajstić information content (AvgIpc) is 2.89. The van der Waals surface area contributed by atoms with Gasteiger partial charge in [0.15, 0.2) is 0 Å². The molecule has 1 aliphatic carbocycles. The summed E-state index contributed by atoms with van der Waals surface area (Å²) < 4.78 is 0. The lowest BCUT2D eigenvalue weighted by Crippen LogP contribution is -2.24. The van der Waals surface area contributed by atoms with Crippen LogP contribution in [0.5, 0.6) is 0 Å². The molecular formula is C11H15ClN2. The van der Waals surface area contributed by atoms with Gasteiger partial charge in [0, 0.05) is 6.04 Å². The van der Waals surface area contributed by atoms with Crippen LogP contribution in [-0.2, 0) is 0 Å². The third-order valence-corrected chi connectivity index (χ3v) is 3.42. The highest BCUT2D eigenvalue weighted by Gasteiger charge is 2.42. The molecule has 76 valence electrons. The largest absolute Gasteiger partial charge is 0.381 e. The fraction of sp³-hybridized carbons (Fsp3) is 0.545. The molecular weight excluding hydrogens is 196 g/mol. The minimum atomic E-state index is 0.486. The van der Waals surface area contributed by atoms with Crippen LogP contribution in [0.1, 0.15) is 26.7 Å². The van der Waals surface area contributed by atoms with Crippen molar-refractivity contribution in [2.75, 3.05) is 5.32 Å². The lowest BCUT2D eigenvalue weighted by Gasteiger charge is -2.21. The predicted octanol–water partition coefficient (Wildman–Crippen LogP) is 3.34. The predicted molar refractivity (Wildman–Crippen MR) is 59.7 cm³/mol. The number of nitrogens with one attached hydrogen (secondary N) is 1. The van der Waals surface area contributed by atoms with Crippen LogP contribution >= 0.6 is 11.6 Å². The van der Waals surface area contributed by atoms with Crippen LogP contribution in [0.25, 0.3) is 0 Å². The van der Waals surface area contributed by atoms with Crippen molar-refractivity contribution in [3.8, 4) is 0 Å². The summed E-state index contributed by atoms with van der Waals surface area (Å²) in [5.41, 5.74) is 1.54. The summed E-state index contributed by atoms with van der Waals surface area (Å²) in [6, 6.07) is 4.29. The van der Waals surface area contributed by atoms with Crippen molar-refractivity contribution >= 4 is 17.3 Å². The lowest BCUT2D eigenvalue weighted by molar-refractivity contribution is 0.493. The van der Waals surface area contributed by atoms with Gasteiger partial charge in [-0.3, -0.25) is 0 Å². The molecule has 0 radical (unpaired) electrons. The molecule has 1 unspecified atom stereocenters. The van der Waals surface area contributed by atoms with Gasteiger partial charge in [-0.2, -0.15) is 0 Å². The molecule has 3 heteroatoms. The lowest BCUT2D eigenvalue weighted by atomic mass is 10.0. The topological polar surface area (TPSA) is 24.9 Å². The Morgan fingerprint density at radius 1 is 1.50 bits per heavy atom. The van der Waals surface area contributed by atoms with Gasteiger partial charge in [0.1, 0.15) is 5.15 Å². The smallest absolute Gasteiger partial charge is 0.129 e. The van der Waals surface area contributed by atoms with E-state index in [2.05, 4.69) is 24.1 Å². The van der Waals surface area contributed by atoms with E-state index >= 15 is 0 Å². The molecule has 0 aliphatic heterocycles. The van der Waals surface area contributed by atoms with Gasteiger partial charge in [0.05, 0.1) is 11.9 Å². The second kappa shape index (κ2) is 3.43. The molecule has 0 saturated heterocycles. The Morgan fingerprint density at radius 2 is 2.21 bits per heavy atom. The summed E-state index contributed by atoms with van der Waals surface area (Å²) in [6.07, 6.45) is 4.43. The second-order valence-corrected chi connectivity index (χ2v) is 4.78. The van der Waals surface area contributed by atoms with Crippen molar-refractivity contribution in [2.24, 2.45) is 5.41 Å². The number of anilines is 1. The van der Waals surface area contributed by atoms with E-state index in [4.69, 9.17) is 11.6 Å². The van der Waals surface area contributed by atoms with Gasteiger partial charge in [0.25, 0.3) is 0 Å². The van der Waals surface area contributed by atoms with Gasteiger partial charge >= 0.3 is 0 Å². The summed E-state index contributed by atoms with van der Waals surface area (Å²) >= 11 is 5.71. The van der Waals surface area contributed by atoms with Gasteiger partial charge in [-0.05, 0) is 37.3 Å². The molecule has 0 amide bonds. The first-order chi connectivity index (χ1) is 6.60. The van der Waals surface area contributed by atoms with Crippen LogP contribution in [0, 0.1) is 5.41 Å². The third-order valence-electron chi connectivity index (χ3n) is 3.19. The van der Waals surface area contributed by atoms with Gasteiger partial charge < -0.3 is 5.32 Å². The molecule has 0 bridgehead atoms. The Hall–Kier alpha value is -0.760. The normalized spacial score (nSPS) is 20.2. The van der Waals surface area contributed by atoms with E-state index < -0.39 is 0 Å². The van der Waals surface area contributed by atoms with E-state index in [1.54, 1.807) is 6.20 Å². The van der Waals surface area contributed by atoms with E-state index in [0.29, 0.717) is 16.6 Å². The third kappa shape index (κ3) is 2.01. The number of hydrogen-bond acceptors (Lipinski definition) is 2. The van der Waals surface area contributed by atoms with E-state index in [0.717, 1.165) is 5.69 Å². The monoisotopic (exact) mass is 210 g/mol. The maximum absolute atomic E-state index is 5.71. The van der Waals surface area contributed by atoms with E-state index in [-0.39, 0.29) is 0 Å². The minimum Gasteiger partial charge on any atom is -0.381 e. The summed E-state index contributed by atoms with van der Waals surface area (Å²) in [5.74, 6) is 0. The summed E-state index contributed by atoms with van der Waals surface area (Å²) in [5, 5.41) is 3.99. The second-order valence-electron chi connectivity index (χ2n) is 4.39. The Balaban J connectivity index is 2.00. The molecule has 0 aromatic carbocycles. The molecule has 0 spiro atoms. The maximum atomic E-state index is 5.71. The fourth-order valence-electron chi connectivity index (χ4n) is 1.52. The fourth-order valence-corrected chi connectivity index (χ4v) is 1.63. The number of hydrogen-bond donors (Lipinski definition) is 1. The van der Waals surface area contributed by atoms with Gasteiger partial charge in [-0.15, -0.1) is 0 Å². The molecule has 1 N–H and O–H groups in total. The molecule has 1 aromatic rings. The minimum absolute atomic E-state index is 0.486. The standard InChI is InChI=1S/C11H15ClN2/c1-8(11(2)5-6-11)14-9-3-4-10(12)13-7-9/h3-4,7-8,14H,5-6H2,1-2H3. The Kier molecular flexibility index (Phi) is 2.40. The first-order valence-electron chi connectivity index (χ1n) is 4.98. The van der Waals surface area contributed by atoms with E-state index in [9.17, 15) is 0 Å². The first kappa shape index (κ1) is 9.78. The van der Waals surface area contributed by atoms with Crippen molar-refractivity contribution < 1.29 is 0 Å². The number of rotatable bonds is 3. The van der Waals surface area contributed by atoms with Gasteiger partial charge in [-0.1, -0.05) is 18.5 Å². The van der Waals surface area contributed by atoms with Crippen molar-refractivity contribution in [1.29, 1.82) is 0 Å². The molecule has 1 fully saturated rings. The van der Waals surface area contributed by atoms with Crippen molar-refractivity contribution in [1.82, 2.24) is 4.98 Å². The van der Waals surface area contributed by atoms with Gasteiger partial charge in [-0.25, -0.2) is 4.98 Å². The first-order valence-corrected chi connectivity index (χ1v) is 5.36. The van der Waals surface area contributed by atoms with Crippen LogP contribution in [0.3, 0.4) is 0 Å². The molecule has 1 aliphatic rings. The van der Waals surface area contributed by atoms with Crippen molar-refractivity contribution in [3.05, 3.63) is 23.5 Å².